The zero-order chi connectivity index (χ0) is 8.81. The minimum absolute atomic E-state index is 1.29. The van der Waals surface area contributed by atoms with Gasteiger partial charge in [0.15, 0.2) is 0 Å². The molecule has 1 aromatic carbocycles. The van der Waals surface area contributed by atoms with E-state index in [2.05, 4.69) is 43.3 Å². The smallest absolute Gasteiger partial charge is 0.0227 e. The van der Waals surface area contributed by atoms with Crippen LogP contribution in [0.2, 0.25) is 0 Å². The molecule has 1 aromatic rings. The molecule has 0 aromatic heterocycles. The fourth-order valence-corrected chi connectivity index (χ4v) is 1.04. The van der Waals surface area contributed by atoms with Crippen LogP contribution in [0.1, 0.15) is 19.4 Å². The number of rotatable bonds is 2. The molecule has 0 saturated heterocycles. The third-order valence-electron chi connectivity index (χ3n) is 1.77. The SMILES string of the molecule is C/C=C\C=C(C)c1ccccc1. The highest BCUT2D eigenvalue weighted by molar-refractivity contribution is 5.64. The van der Waals surface area contributed by atoms with E-state index in [9.17, 15) is 0 Å². The van der Waals surface area contributed by atoms with E-state index in [1.54, 1.807) is 0 Å². The molecule has 0 saturated carbocycles. The zero-order valence-corrected chi connectivity index (χ0v) is 7.62. The van der Waals surface area contributed by atoms with E-state index in [4.69, 9.17) is 0 Å². The highest BCUT2D eigenvalue weighted by atomic mass is 13.9. The Labute approximate surface area is 74.2 Å². The third kappa shape index (κ3) is 2.39. The quantitative estimate of drug-likeness (QED) is 0.576. The lowest BCUT2D eigenvalue weighted by Crippen LogP contribution is -1.75. The summed E-state index contributed by atoms with van der Waals surface area (Å²) in [6.07, 6.45) is 6.21. The van der Waals surface area contributed by atoms with Crippen LogP contribution in [0.15, 0.2) is 48.6 Å². The highest BCUT2D eigenvalue weighted by Gasteiger charge is 1.89. The van der Waals surface area contributed by atoms with Crippen molar-refractivity contribution in [3.63, 3.8) is 0 Å². The van der Waals surface area contributed by atoms with Crippen molar-refractivity contribution in [3.05, 3.63) is 54.1 Å². The topological polar surface area (TPSA) is 0 Å². The van der Waals surface area contributed by atoms with E-state index in [-0.39, 0.29) is 0 Å². The summed E-state index contributed by atoms with van der Waals surface area (Å²) in [5.74, 6) is 0. The predicted molar refractivity (Wildman–Crippen MR) is 54.9 cm³/mol. The molecule has 0 bridgehead atoms. The molecule has 0 nitrogen and oxygen atoms in total. The number of benzene rings is 1. The lowest BCUT2D eigenvalue weighted by atomic mass is 10.1. The molecule has 62 valence electrons. The summed E-state index contributed by atoms with van der Waals surface area (Å²) < 4.78 is 0. The molecule has 0 N–H and O–H groups in total. The molecule has 0 heteroatoms. The summed E-state index contributed by atoms with van der Waals surface area (Å²) in [5, 5.41) is 0. The fourth-order valence-electron chi connectivity index (χ4n) is 1.04. The Morgan fingerprint density at radius 1 is 1.17 bits per heavy atom. The highest BCUT2D eigenvalue weighted by Crippen LogP contribution is 2.12. The molecule has 0 aliphatic carbocycles. The summed E-state index contributed by atoms with van der Waals surface area (Å²) in [6.45, 7) is 4.14. The van der Waals surface area contributed by atoms with Crippen LogP contribution in [0.3, 0.4) is 0 Å². The van der Waals surface area contributed by atoms with Crippen molar-refractivity contribution in [1.29, 1.82) is 0 Å². The summed E-state index contributed by atoms with van der Waals surface area (Å²) >= 11 is 0. The van der Waals surface area contributed by atoms with Crippen molar-refractivity contribution in [2.24, 2.45) is 0 Å². The number of hydrogen-bond donors (Lipinski definition) is 0. The van der Waals surface area contributed by atoms with Crippen molar-refractivity contribution >= 4 is 5.57 Å². The van der Waals surface area contributed by atoms with Gasteiger partial charge in [-0.3, -0.25) is 0 Å². The standard InChI is InChI=1S/C12H14/c1-3-4-8-11(2)12-9-6-5-7-10-12/h3-10H,1-2H3/b4-3-,11-8?. The second-order valence-electron chi connectivity index (χ2n) is 2.74. The first-order valence-electron chi connectivity index (χ1n) is 4.19. The van der Waals surface area contributed by atoms with Gasteiger partial charge < -0.3 is 0 Å². The molecule has 0 unspecified atom stereocenters. The minimum Gasteiger partial charge on any atom is -0.0877 e. The molecule has 0 atom stereocenters. The lowest BCUT2D eigenvalue weighted by Gasteiger charge is -1.97. The van der Waals surface area contributed by atoms with Gasteiger partial charge in [-0.05, 0) is 25.0 Å². The van der Waals surface area contributed by atoms with Gasteiger partial charge in [-0.1, -0.05) is 48.6 Å². The maximum atomic E-state index is 2.12. The van der Waals surface area contributed by atoms with E-state index in [0.717, 1.165) is 0 Å². The van der Waals surface area contributed by atoms with Crippen molar-refractivity contribution < 1.29 is 0 Å². The van der Waals surface area contributed by atoms with Crippen molar-refractivity contribution in [1.82, 2.24) is 0 Å². The summed E-state index contributed by atoms with van der Waals surface area (Å²) in [5.41, 5.74) is 2.59. The van der Waals surface area contributed by atoms with Gasteiger partial charge in [-0.25, -0.2) is 0 Å². The molecule has 0 radical (unpaired) electrons. The van der Waals surface area contributed by atoms with Crippen LogP contribution in [0, 0.1) is 0 Å². The lowest BCUT2D eigenvalue weighted by molar-refractivity contribution is 1.56. The van der Waals surface area contributed by atoms with E-state index in [1.165, 1.54) is 11.1 Å². The van der Waals surface area contributed by atoms with Crippen molar-refractivity contribution in [2.75, 3.05) is 0 Å². The maximum absolute atomic E-state index is 2.12. The van der Waals surface area contributed by atoms with Crippen LogP contribution in [0.25, 0.3) is 5.57 Å². The van der Waals surface area contributed by atoms with E-state index >= 15 is 0 Å². The van der Waals surface area contributed by atoms with Gasteiger partial charge in [0.25, 0.3) is 0 Å². The first-order valence-corrected chi connectivity index (χ1v) is 4.19. The van der Waals surface area contributed by atoms with Crippen molar-refractivity contribution in [3.8, 4) is 0 Å². The normalized spacial score (nSPS) is 12.3. The Hall–Kier alpha value is -1.30. The Kier molecular flexibility index (Phi) is 3.34. The Morgan fingerprint density at radius 2 is 1.83 bits per heavy atom. The van der Waals surface area contributed by atoms with Crippen molar-refractivity contribution in [2.45, 2.75) is 13.8 Å². The van der Waals surface area contributed by atoms with Crippen LogP contribution in [0.5, 0.6) is 0 Å². The molecule has 0 aliphatic heterocycles. The predicted octanol–water partition coefficient (Wildman–Crippen LogP) is 3.67. The Morgan fingerprint density at radius 3 is 2.42 bits per heavy atom. The fraction of sp³-hybridized carbons (Fsp3) is 0.167. The molecule has 0 aliphatic rings. The van der Waals surface area contributed by atoms with Gasteiger partial charge in [-0.2, -0.15) is 0 Å². The molecular weight excluding hydrogens is 144 g/mol. The van der Waals surface area contributed by atoms with Gasteiger partial charge in [0.1, 0.15) is 0 Å². The molecule has 1 rings (SSSR count). The molecule has 0 fully saturated rings. The molecule has 0 heterocycles. The zero-order valence-electron chi connectivity index (χ0n) is 7.62. The Balaban J connectivity index is 2.85. The summed E-state index contributed by atoms with van der Waals surface area (Å²) in [6, 6.07) is 10.4. The Bertz CT molecular complexity index is 278. The molecule has 0 amide bonds. The van der Waals surface area contributed by atoms with E-state index < -0.39 is 0 Å². The third-order valence-corrected chi connectivity index (χ3v) is 1.77. The monoisotopic (exact) mass is 158 g/mol. The van der Waals surface area contributed by atoms with E-state index in [0.29, 0.717) is 0 Å². The van der Waals surface area contributed by atoms with Crippen LogP contribution >= 0.6 is 0 Å². The first kappa shape index (κ1) is 8.79. The van der Waals surface area contributed by atoms with Gasteiger partial charge in [0.05, 0.1) is 0 Å². The second kappa shape index (κ2) is 4.55. The van der Waals surface area contributed by atoms with Gasteiger partial charge in [-0.15, -0.1) is 0 Å². The second-order valence-corrected chi connectivity index (χ2v) is 2.74. The number of hydrogen-bond acceptors (Lipinski definition) is 0. The summed E-state index contributed by atoms with van der Waals surface area (Å²) in [4.78, 5) is 0. The first-order chi connectivity index (χ1) is 5.84. The van der Waals surface area contributed by atoms with Gasteiger partial charge in [0.2, 0.25) is 0 Å². The van der Waals surface area contributed by atoms with Gasteiger partial charge in [0, 0.05) is 0 Å². The van der Waals surface area contributed by atoms with E-state index in [1.807, 2.05) is 19.1 Å². The molecular formula is C12H14. The van der Waals surface area contributed by atoms with Crippen LogP contribution < -0.4 is 0 Å². The van der Waals surface area contributed by atoms with Crippen LogP contribution in [-0.2, 0) is 0 Å². The average Bonchev–Trinajstić information content (AvgIpc) is 2.15. The maximum Gasteiger partial charge on any atom is -0.0227 e. The van der Waals surface area contributed by atoms with Gasteiger partial charge >= 0.3 is 0 Å². The summed E-state index contributed by atoms with van der Waals surface area (Å²) in [7, 11) is 0. The average molecular weight is 158 g/mol. The molecule has 12 heavy (non-hydrogen) atoms. The molecule has 0 spiro atoms. The largest absolute Gasteiger partial charge is 0.0877 e. The van der Waals surface area contributed by atoms with Crippen LogP contribution in [0.4, 0.5) is 0 Å². The minimum atomic E-state index is 1.29. The number of allylic oxidation sites excluding steroid dienone is 4. The van der Waals surface area contributed by atoms with Crippen LogP contribution in [-0.4, -0.2) is 0 Å².